The number of carbonyl (C=O) groups is 2. The van der Waals surface area contributed by atoms with Gasteiger partial charge in [-0.25, -0.2) is 4.39 Å². The van der Waals surface area contributed by atoms with Crippen molar-refractivity contribution in [2.24, 2.45) is 11.8 Å². The molecule has 1 N–H and O–H groups in total. The first kappa shape index (κ1) is 26.4. The lowest BCUT2D eigenvalue weighted by Gasteiger charge is -2.35. The number of halogens is 1. The van der Waals surface area contributed by atoms with Crippen molar-refractivity contribution in [2.75, 3.05) is 26.2 Å². The molecule has 1 aliphatic heterocycles. The van der Waals surface area contributed by atoms with Crippen molar-refractivity contribution >= 4 is 22.7 Å². The summed E-state index contributed by atoms with van der Waals surface area (Å²) in [7, 11) is 0. The van der Waals surface area contributed by atoms with E-state index in [4.69, 9.17) is 4.52 Å². The van der Waals surface area contributed by atoms with Gasteiger partial charge in [0.15, 0.2) is 11.4 Å². The summed E-state index contributed by atoms with van der Waals surface area (Å²) in [6, 6.07) is 17.6. The minimum atomic E-state index is -0.311. The zero-order valence-corrected chi connectivity index (χ0v) is 23.0. The second-order valence-electron chi connectivity index (χ2n) is 11.3. The molecule has 2 aliphatic rings. The van der Waals surface area contributed by atoms with Gasteiger partial charge in [0.1, 0.15) is 5.82 Å². The fraction of sp³-hybridized carbons (Fsp3) is 0.364. The Kier molecular flexibility index (Phi) is 7.24. The Labute approximate surface area is 233 Å². The first-order chi connectivity index (χ1) is 19.4. The summed E-state index contributed by atoms with van der Waals surface area (Å²) in [4.78, 5) is 28.4. The highest BCUT2D eigenvalue weighted by atomic mass is 19.1. The molecule has 0 unspecified atom stereocenters. The largest absolute Gasteiger partial charge is 0.356 e. The lowest BCUT2D eigenvalue weighted by Crippen LogP contribution is -2.40. The van der Waals surface area contributed by atoms with Gasteiger partial charge in [-0.1, -0.05) is 55.8 Å². The van der Waals surface area contributed by atoms with Crippen LogP contribution in [-0.4, -0.2) is 47.9 Å². The maximum Gasteiger partial charge on any atom is 0.251 e. The highest BCUT2D eigenvalue weighted by Crippen LogP contribution is 2.37. The van der Waals surface area contributed by atoms with Gasteiger partial charge in [-0.3, -0.25) is 9.59 Å². The van der Waals surface area contributed by atoms with E-state index in [0.717, 1.165) is 61.1 Å². The Hall–Kier alpha value is -3.84. The van der Waals surface area contributed by atoms with Gasteiger partial charge in [-0.2, -0.15) is 0 Å². The summed E-state index contributed by atoms with van der Waals surface area (Å²) in [5, 5.41) is 8.31. The summed E-state index contributed by atoms with van der Waals surface area (Å²) >= 11 is 0. The summed E-state index contributed by atoms with van der Waals surface area (Å²) < 4.78 is 18.9. The monoisotopic (exact) mass is 539 g/mol. The van der Waals surface area contributed by atoms with E-state index in [2.05, 4.69) is 29.2 Å². The topological polar surface area (TPSA) is 75.4 Å². The zero-order chi connectivity index (χ0) is 27.8. The van der Waals surface area contributed by atoms with Gasteiger partial charge in [-0.15, -0.1) is 0 Å². The third-order valence-electron chi connectivity index (χ3n) is 8.82. The van der Waals surface area contributed by atoms with E-state index in [0.29, 0.717) is 46.6 Å². The van der Waals surface area contributed by atoms with E-state index in [1.807, 2.05) is 36.4 Å². The Morgan fingerprint density at radius 3 is 2.58 bits per heavy atom. The Bertz CT molecular complexity index is 1570. The molecule has 2 atom stereocenters. The molecule has 6 nitrogen and oxygen atoms in total. The smallest absolute Gasteiger partial charge is 0.251 e. The van der Waals surface area contributed by atoms with Crippen LogP contribution in [0.3, 0.4) is 0 Å². The van der Waals surface area contributed by atoms with Crippen LogP contribution >= 0.6 is 0 Å². The van der Waals surface area contributed by atoms with E-state index in [-0.39, 0.29) is 17.5 Å². The number of rotatable bonds is 8. The summed E-state index contributed by atoms with van der Waals surface area (Å²) in [5.41, 5.74) is 5.10. The number of piperidine rings is 1. The van der Waals surface area contributed by atoms with Crippen LogP contribution in [0.5, 0.6) is 0 Å². The van der Waals surface area contributed by atoms with Gasteiger partial charge >= 0.3 is 0 Å². The van der Waals surface area contributed by atoms with Crippen LogP contribution in [0, 0.1) is 17.7 Å². The van der Waals surface area contributed by atoms with Gasteiger partial charge in [0.2, 0.25) is 0 Å². The number of amides is 1. The molecule has 1 amide bonds. The van der Waals surface area contributed by atoms with Crippen LogP contribution in [0.4, 0.5) is 4.39 Å². The number of ketones is 1. The summed E-state index contributed by atoms with van der Waals surface area (Å²) in [5.74, 6) is 0.596. The SMILES string of the molecule is CC[C@H](CNC(=O)c1ccc2c(c1)C(=O)c1ccccc1-2)[C@H](C)CN1CCC(c2noc3cc(F)ccc23)CC1. The Balaban J connectivity index is 1.02. The van der Waals surface area contributed by atoms with Crippen molar-refractivity contribution in [1.82, 2.24) is 15.4 Å². The lowest BCUT2D eigenvalue weighted by molar-refractivity contribution is 0.0934. The minimum absolute atomic E-state index is 0.0188. The fourth-order valence-corrected chi connectivity index (χ4v) is 6.41. The molecule has 40 heavy (non-hydrogen) atoms. The van der Waals surface area contributed by atoms with Crippen LogP contribution in [-0.2, 0) is 0 Å². The molecule has 206 valence electrons. The number of carbonyl (C=O) groups excluding carboxylic acids is 2. The van der Waals surface area contributed by atoms with E-state index < -0.39 is 0 Å². The highest BCUT2D eigenvalue weighted by Gasteiger charge is 2.29. The maximum absolute atomic E-state index is 13.5. The van der Waals surface area contributed by atoms with E-state index in [9.17, 15) is 14.0 Å². The molecule has 1 aromatic heterocycles. The fourth-order valence-electron chi connectivity index (χ4n) is 6.41. The predicted octanol–water partition coefficient (Wildman–Crippen LogP) is 6.45. The molecule has 1 saturated heterocycles. The molecule has 0 spiro atoms. The minimum Gasteiger partial charge on any atom is -0.356 e. The van der Waals surface area contributed by atoms with Crippen molar-refractivity contribution in [3.63, 3.8) is 0 Å². The van der Waals surface area contributed by atoms with Gasteiger partial charge in [0.05, 0.1) is 5.69 Å². The molecule has 1 aliphatic carbocycles. The highest BCUT2D eigenvalue weighted by molar-refractivity contribution is 6.22. The van der Waals surface area contributed by atoms with Crippen molar-refractivity contribution in [2.45, 2.75) is 39.0 Å². The number of nitrogens with zero attached hydrogens (tertiary/aromatic N) is 2. The van der Waals surface area contributed by atoms with Gasteiger partial charge < -0.3 is 14.7 Å². The van der Waals surface area contributed by atoms with Crippen molar-refractivity contribution in [1.29, 1.82) is 0 Å². The standard InChI is InChI=1S/C33H34FN3O3/c1-3-21(18-35-33(39)23-8-10-26-25-6-4-5-7-27(25)32(38)29(26)16-23)20(2)19-37-14-12-22(13-15-37)31-28-11-9-24(34)17-30(28)40-36-31/h4-11,16-17,20-22H,3,12-15,18-19H2,1-2H3,(H,35,39)/t20-,21-/m1/s1. The first-order valence-corrected chi connectivity index (χ1v) is 14.3. The third-order valence-corrected chi connectivity index (χ3v) is 8.82. The van der Waals surface area contributed by atoms with Crippen molar-refractivity contribution in [3.8, 4) is 11.1 Å². The van der Waals surface area contributed by atoms with Crippen LogP contribution in [0.25, 0.3) is 22.1 Å². The quantitative estimate of drug-likeness (QED) is 0.245. The average Bonchev–Trinajstić information content (AvgIpc) is 3.52. The molecule has 3 aromatic carbocycles. The zero-order valence-electron chi connectivity index (χ0n) is 23.0. The van der Waals surface area contributed by atoms with Crippen molar-refractivity contribution < 1.29 is 18.5 Å². The number of nitrogens with one attached hydrogen (secondary N) is 1. The molecule has 1 fully saturated rings. The maximum atomic E-state index is 13.5. The predicted molar refractivity (Wildman–Crippen MR) is 153 cm³/mol. The van der Waals surface area contributed by atoms with Gasteiger partial charge in [0, 0.05) is 47.2 Å². The van der Waals surface area contributed by atoms with Gasteiger partial charge in [0.25, 0.3) is 5.91 Å². The molecule has 0 radical (unpaired) electrons. The molecule has 0 saturated carbocycles. The molecule has 7 heteroatoms. The Morgan fingerprint density at radius 1 is 1.05 bits per heavy atom. The second-order valence-corrected chi connectivity index (χ2v) is 11.3. The number of benzene rings is 3. The van der Waals surface area contributed by atoms with Crippen LogP contribution < -0.4 is 5.32 Å². The number of hydrogen-bond acceptors (Lipinski definition) is 5. The van der Waals surface area contributed by atoms with Crippen LogP contribution in [0.1, 0.15) is 71.0 Å². The van der Waals surface area contributed by atoms with Crippen molar-refractivity contribution in [3.05, 3.63) is 88.9 Å². The molecule has 4 aromatic rings. The summed E-state index contributed by atoms with van der Waals surface area (Å²) in [6.07, 6.45) is 2.94. The number of aromatic nitrogens is 1. The third kappa shape index (κ3) is 4.94. The number of hydrogen-bond donors (Lipinski definition) is 1. The number of fused-ring (bicyclic) bond motifs is 4. The van der Waals surface area contributed by atoms with E-state index in [1.165, 1.54) is 12.1 Å². The Morgan fingerprint density at radius 2 is 1.80 bits per heavy atom. The van der Waals surface area contributed by atoms with Crippen LogP contribution in [0.2, 0.25) is 0 Å². The number of likely N-dealkylation sites (tertiary alicyclic amines) is 1. The normalized spacial score (nSPS) is 17.0. The molecule has 2 heterocycles. The average molecular weight is 540 g/mol. The van der Waals surface area contributed by atoms with Gasteiger partial charge in [-0.05, 0) is 73.2 Å². The summed E-state index contributed by atoms with van der Waals surface area (Å²) in [6.45, 7) is 7.94. The molecule has 0 bridgehead atoms. The second kappa shape index (κ2) is 11.0. The molecular weight excluding hydrogens is 505 g/mol. The van der Waals surface area contributed by atoms with E-state index >= 15 is 0 Å². The van der Waals surface area contributed by atoms with Crippen LogP contribution in [0.15, 0.2) is 65.2 Å². The molecule has 6 rings (SSSR count). The van der Waals surface area contributed by atoms with E-state index in [1.54, 1.807) is 12.1 Å². The lowest BCUT2D eigenvalue weighted by atomic mass is 9.88. The first-order valence-electron chi connectivity index (χ1n) is 14.3. The molecular formula is C33H34FN3O3.